The molecule has 0 radical (unpaired) electrons. The molecule has 11 heavy (non-hydrogen) atoms. The van der Waals surface area contributed by atoms with Crippen molar-refractivity contribution in [1.82, 2.24) is 0 Å². The Kier molecular flexibility index (Phi) is 5.86. The molecule has 0 aliphatic heterocycles. The van der Waals surface area contributed by atoms with Crippen LogP contribution in [0.2, 0.25) is 0 Å². The van der Waals surface area contributed by atoms with Crippen LogP contribution < -0.4 is 0 Å². The van der Waals surface area contributed by atoms with Crippen molar-refractivity contribution in [2.24, 2.45) is 0 Å². The zero-order valence-corrected chi connectivity index (χ0v) is 8.36. The van der Waals surface area contributed by atoms with Crippen LogP contribution in [0.1, 0.15) is 0 Å². The van der Waals surface area contributed by atoms with E-state index in [0.717, 1.165) is 11.8 Å². The molecule has 0 rings (SSSR count). The lowest BCUT2D eigenvalue weighted by molar-refractivity contribution is 0.225. The van der Waals surface area contributed by atoms with Gasteiger partial charge in [0, 0.05) is 11.5 Å². The average molecular weight is 218 g/mol. The number of hydrogen-bond donors (Lipinski definition) is 4. The van der Waals surface area contributed by atoms with Crippen LogP contribution in [0.4, 0.5) is 0 Å². The van der Waals surface area contributed by atoms with Crippen LogP contribution in [0.3, 0.4) is 0 Å². The highest BCUT2D eigenvalue weighted by Gasteiger charge is 2.13. The van der Waals surface area contributed by atoms with Gasteiger partial charge in [-0.25, -0.2) is 0 Å². The van der Waals surface area contributed by atoms with Crippen molar-refractivity contribution in [2.45, 2.75) is 6.10 Å². The van der Waals surface area contributed by atoms with Gasteiger partial charge in [-0.3, -0.25) is 4.57 Å². The van der Waals surface area contributed by atoms with Gasteiger partial charge in [-0.1, -0.05) is 0 Å². The number of rotatable bonds is 5. The third-order valence-corrected chi connectivity index (χ3v) is 3.90. The van der Waals surface area contributed by atoms with Crippen LogP contribution >= 0.6 is 32.0 Å². The summed E-state index contributed by atoms with van der Waals surface area (Å²) < 4.78 is 10.3. The van der Waals surface area contributed by atoms with E-state index >= 15 is 0 Å². The SMILES string of the molecule is O=P(O)(O)CSC[C@@H](O)CS. The molecule has 0 unspecified atom stereocenters. The van der Waals surface area contributed by atoms with Crippen LogP contribution in [-0.4, -0.2) is 38.0 Å². The molecular weight excluding hydrogens is 207 g/mol. The highest BCUT2D eigenvalue weighted by atomic mass is 32.2. The number of thiol groups is 1. The second-order valence-electron chi connectivity index (χ2n) is 2.00. The smallest absolute Gasteiger partial charge is 0.335 e. The van der Waals surface area contributed by atoms with Gasteiger partial charge in [0.15, 0.2) is 0 Å². The van der Waals surface area contributed by atoms with Crippen LogP contribution in [0, 0.1) is 0 Å². The van der Waals surface area contributed by atoms with Gasteiger partial charge in [-0.2, -0.15) is 12.6 Å². The Labute approximate surface area is 75.0 Å². The molecule has 0 saturated heterocycles. The van der Waals surface area contributed by atoms with E-state index in [2.05, 4.69) is 12.6 Å². The molecule has 4 nitrogen and oxygen atoms in total. The van der Waals surface area contributed by atoms with Crippen molar-refractivity contribution < 1.29 is 19.5 Å². The summed E-state index contributed by atoms with van der Waals surface area (Å²) in [4.78, 5) is 16.8. The van der Waals surface area contributed by atoms with Gasteiger partial charge < -0.3 is 14.9 Å². The lowest BCUT2D eigenvalue weighted by Crippen LogP contribution is -2.11. The van der Waals surface area contributed by atoms with Gasteiger partial charge in [0.25, 0.3) is 0 Å². The zero-order chi connectivity index (χ0) is 8.91. The minimum absolute atomic E-state index is 0.238. The van der Waals surface area contributed by atoms with Crippen molar-refractivity contribution in [1.29, 1.82) is 0 Å². The molecular formula is C4H11O4PS2. The molecule has 0 heterocycles. The number of aliphatic hydroxyl groups excluding tert-OH is 1. The number of hydrogen-bond acceptors (Lipinski definition) is 4. The summed E-state index contributed by atoms with van der Waals surface area (Å²) in [6, 6.07) is 0. The molecule has 0 aromatic heterocycles. The van der Waals surface area contributed by atoms with Crippen molar-refractivity contribution in [3.8, 4) is 0 Å². The Morgan fingerprint density at radius 2 is 2.09 bits per heavy atom. The fourth-order valence-electron chi connectivity index (χ4n) is 0.360. The van der Waals surface area contributed by atoms with Gasteiger partial charge in [0.05, 0.1) is 11.6 Å². The van der Waals surface area contributed by atoms with Crippen molar-refractivity contribution in [3.05, 3.63) is 0 Å². The molecule has 0 saturated carbocycles. The first-order valence-corrected chi connectivity index (χ1v) is 6.45. The zero-order valence-electron chi connectivity index (χ0n) is 5.75. The van der Waals surface area contributed by atoms with Crippen LogP contribution in [0.15, 0.2) is 0 Å². The highest BCUT2D eigenvalue weighted by Crippen LogP contribution is 2.38. The maximum absolute atomic E-state index is 10.3. The lowest BCUT2D eigenvalue weighted by atomic mass is 10.5. The summed E-state index contributed by atoms with van der Waals surface area (Å²) in [6.45, 7) is 0. The molecule has 0 amide bonds. The molecule has 0 spiro atoms. The first kappa shape index (κ1) is 11.8. The number of aliphatic hydroxyl groups is 1. The predicted molar refractivity (Wildman–Crippen MR) is 49.2 cm³/mol. The molecule has 7 heteroatoms. The Balaban J connectivity index is 3.35. The maximum atomic E-state index is 10.3. The standard InChI is InChI=1S/C4H11O4PS2/c5-4(1-10)2-11-3-9(6,7)8/h4-5,10H,1-3H2,(H2,6,7,8)/t4-/m0/s1. The molecule has 3 N–H and O–H groups in total. The summed E-state index contributed by atoms with van der Waals surface area (Å²) in [7, 11) is -3.91. The molecule has 0 aromatic carbocycles. The van der Waals surface area contributed by atoms with E-state index in [1.165, 1.54) is 0 Å². The third kappa shape index (κ3) is 8.72. The Morgan fingerprint density at radius 1 is 1.55 bits per heavy atom. The minimum atomic E-state index is -3.91. The number of thioether (sulfide) groups is 1. The predicted octanol–water partition coefficient (Wildman–Crippen LogP) is 0.145. The first-order chi connectivity index (χ1) is 4.95. The van der Waals surface area contributed by atoms with Crippen molar-refractivity contribution >= 4 is 32.0 Å². The molecule has 0 fully saturated rings. The Morgan fingerprint density at radius 3 is 2.45 bits per heavy atom. The molecule has 0 aliphatic carbocycles. The monoisotopic (exact) mass is 218 g/mol. The van der Waals surface area contributed by atoms with Gasteiger partial charge in [0.1, 0.15) is 0 Å². The normalized spacial score (nSPS) is 14.9. The van der Waals surface area contributed by atoms with Gasteiger partial charge >= 0.3 is 7.60 Å². The van der Waals surface area contributed by atoms with E-state index in [9.17, 15) is 4.57 Å². The molecule has 68 valence electrons. The fraction of sp³-hybridized carbons (Fsp3) is 1.00. The summed E-state index contributed by atoms with van der Waals surface area (Å²) in [5.74, 6) is 0.628. The largest absolute Gasteiger partial charge is 0.391 e. The van der Waals surface area contributed by atoms with Gasteiger partial charge in [-0.05, 0) is 0 Å². The van der Waals surface area contributed by atoms with E-state index in [0.29, 0.717) is 11.5 Å². The molecule has 0 aliphatic rings. The Hall–Kier alpha value is 0.810. The van der Waals surface area contributed by atoms with Crippen molar-refractivity contribution in [3.63, 3.8) is 0 Å². The van der Waals surface area contributed by atoms with E-state index in [-0.39, 0.29) is 5.49 Å². The van der Waals surface area contributed by atoms with E-state index in [1.807, 2.05) is 0 Å². The first-order valence-electron chi connectivity index (χ1n) is 2.87. The maximum Gasteiger partial charge on any atom is 0.335 e. The molecule has 1 atom stereocenters. The third-order valence-electron chi connectivity index (χ3n) is 0.780. The van der Waals surface area contributed by atoms with Crippen LogP contribution in [-0.2, 0) is 4.57 Å². The lowest BCUT2D eigenvalue weighted by Gasteiger charge is -2.06. The fourth-order valence-corrected chi connectivity index (χ4v) is 2.43. The summed E-state index contributed by atoms with van der Waals surface area (Å²) in [5, 5.41) is 8.90. The van der Waals surface area contributed by atoms with Crippen LogP contribution in [0.25, 0.3) is 0 Å². The topological polar surface area (TPSA) is 77.8 Å². The minimum Gasteiger partial charge on any atom is -0.391 e. The molecule has 0 bridgehead atoms. The summed E-state index contributed by atoms with van der Waals surface area (Å²) in [5.41, 5.74) is -0.238. The van der Waals surface area contributed by atoms with Crippen LogP contribution in [0.5, 0.6) is 0 Å². The quantitative estimate of drug-likeness (QED) is 0.390. The molecule has 0 aromatic rings. The second-order valence-corrected chi connectivity index (χ2v) is 5.47. The second kappa shape index (κ2) is 5.45. The average Bonchev–Trinajstić information content (AvgIpc) is 1.85. The summed E-state index contributed by atoms with van der Waals surface area (Å²) >= 11 is 4.83. The van der Waals surface area contributed by atoms with E-state index in [1.54, 1.807) is 0 Å². The highest BCUT2D eigenvalue weighted by molar-refractivity contribution is 8.04. The van der Waals surface area contributed by atoms with Crippen molar-refractivity contribution in [2.75, 3.05) is 17.0 Å². The Bertz CT molecular complexity index is 147. The van der Waals surface area contributed by atoms with Gasteiger partial charge in [0.2, 0.25) is 0 Å². The van der Waals surface area contributed by atoms with E-state index in [4.69, 9.17) is 14.9 Å². The van der Waals surface area contributed by atoms with Gasteiger partial charge in [-0.15, -0.1) is 11.8 Å². The van der Waals surface area contributed by atoms with E-state index < -0.39 is 13.7 Å². The summed E-state index contributed by atoms with van der Waals surface area (Å²) in [6.07, 6.45) is -0.588.